The Kier molecular flexibility index (Phi) is 5.92. The van der Waals surface area contributed by atoms with Crippen molar-refractivity contribution in [3.05, 3.63) is 145 Å². The van der Waals surface area contributed by atoms with Crippen LogP contribution in [0.25, 0.3) is 38.9 Å². The second-order valence-corrected chi connectivity index (χ2v) is 9.09. The fourth-order valence-electron chi connectivity index (χ4n) is 5.00. The van der Waals surface area contributed by atoms with Gasteiger partial charge in [-0.15, -0.1) is 0 Å². The minimum atomic E-state index is 0.856. The number of anilines is 3. The van der Waals surface area contributed by atoms with Crippen molar-refractivity contribution >= 4 is 44.9 Å². The monoisotopic (exact) mass is 477 g/mol. The van der Waals surface area contributed by atoms with Crippen LogP contribution < -0.4 is 4.90 Å². The molecule has 1 aromatic heterocycles. The summed E-state index contributed by atoms with van der Waals surface area (Å²) in [6.07, 6.45) is 5.67. The van der Waals surface area contributed by atoms with Crippen molar-refractivity contribution in [3.8, 4) is 11.1 Å². The van der Waals surface area contributed by atoms with Gasteiger partial charge >= 0.3 is 0 Å². The number of benzene rings is 5. The molecule has 0 bridgehead atoms. The molecular formula is C35H27NO. The van der Waals surface area contributed by atoms with Crippen molar-refractivity contribution in [2.75, 3.05) is 4.90 Å². The summed E-state index contributed by atoms with van der Waals surface area (Å²) >= 11 is 0. The second-order valence-electron chi connectivity index (χ2n) is 9.09. The molecule has 5 aromatic carbocycles. The Bertz CT molecular complexity index is 1740. The first kappa shape index (κ1) is 22.6. The lowest BCUT2D eigenvalue weighted by atomic mass is 10.0. The molecule has 2 nitrogen and oxygen atoms in total. The first-order valence-corrected chi connectivity index (χ1v) is 12.5. The van der Waals surface area contributed by atoms with Crippen LogP contribution in [0.1, 0.15) is 11.3 Å². The van der Waals surface area contributed by atoms with E-state index in [9.17, 15) is 0 Å². The van der Waals surface area contributed by atoms with Gasteiger partial charge in [-0.1, -0.05) is 104 Å². The standard InChI is InChI=1S/C35H27NO/c1-3-4-22-34-25(2)32-24-33(30-20-11-12-21-31(30)35(32)37-34)36(28-17-9-6-10-18-28)29-19-13-16-27(23-29)26-14-7-5-8-15-26/h3-24H,1H2,2H3/b22-4-. The second kappa shape index (κ2) is 9.67. The molecule has 0 aliphatic carbocycles. The van der Waals surface area contributed by atoms with Crippen molar-refractivity contribution < 1.29 is 4.42 Å². The molecule has 0 aliphatic heterocycles. The maximum absolute atomic E-state index is 6.38. The fourth-order valence-corrected chi connectivity index (χ4v) is 5.00. The zero-order valence-electron chi connectivity index (χ0n) is 20.8. The minimum Gasteiger partial charge on any atom is -0.456 e. The van der Waals surface area contributed by atoms with E-state index in [-0.39, 0.29) is 0 Å². The Morgan fingerprint density at radius 1 is 0.649 bits per heavy atom. The molecule has 0 unspecified atom stereocenters. The molecule has 6 rings (SSSR count). The molecule has 0 fully saturated rings. The van der Waals surface area contributed by atoms with Gasteiger partial charge in [0.1, 0.15) is 11.3 Å². The molecule has 178 valence electrons. The quantitative estimate of drug-likeness (QED) is 0.222. The van der Waals surface area contributed by atoms with Gasteiger partial charge in [0, 0.05) is 33.1 Å². The number of rotatable bonds is 6. The Morgan fingerprint density at radius 3 is 2.05 bits per heavy atom. The number of allylic oxidation sites excluding steroid dienone is 2. The Morgan fingerprint density at radius 2 is 1.30 bits per heavy atom. The van der Waals surface area contributed by atoms with E-state index in [0.717, 1.165) is 50.1 Å². The van der Waals surface area contributed by atoms with Crippen molar-refractivity contribution in [1.82, 2.24) is 0 Å². The molecule has 0 N–H and O–H groups in total. The summed E-state index contributed by atoms with van der Waals surface area (Å²) < 4.78 is 6.38. The van der Waals surface area contributed by atoms with Gasteiger partial charge in [0.15, 0.2) is 0 Å². The summed E-state index contributed by atoms with van der Waals surface area (Å²) in [4.78, 5) is 2.35. The third-order valence-corrected chi connectivity index (χ3v) is 6.81. The first-order valence-electron chi connectivity index (χ1n) is 12.5. The van der Waals surface area contributed by atoms with Gasteiger partial charge in [-0.3, -0.25) is 0 Å². The van der Waals surface area contributed by atoms with E-state index in [1.807, 2.05) is 12.2 Å². The van der Waals surface area contributed by atoms with E-state index in [0.29, 0.717) is 0 Å². The van der Waals surface area contributed by atoms with E-state index >= 15 is 0 Å². The molecule has 0 amide bonds. The molecule has 1 heterocycles. The van der Waals surface area contributed by atoms with Crippen molar-refractivity contribution in [3.63, 3.8) is 0 Å². The zero-order valence-corrected chi connectivity index (χ0v) is 20.8. The predicted molar refractivity (Wildman–Crippen MR) is 158 cm³/mol. The van der Waals surface area contributed by atoms with Gasteiger partial charge in [-0.05, 0) is 54.5 Å². The maximum atomic E-state index is 6.38. The number of nitrogens with zero attached hydrogens (tertiary/aromatic N) is 1. The molecule has 6 aromatic rings. The summed E-state index contributed by atoms with van der Waals surface area (Å²) in [5.74, 6) is 0.856. The minimum absolute atomic E-state index is 0.856. The van der Waals surface area contributed by atoms with E-state index in [1.165, 1.54) is 11.1 Å². The van der Waals surface area contributed by atoms with Gasteiger partial charge in [-0.25, -0.2) is 0 Å². The largest absolute Gasteiger partial charge is 0.456 e. The third-order valence-electron chi connectivity index (χ3n) is 6.81. The first-order chi connectivity index (χ1) is 18.2. The molecule has 37 heavy (non-hydrogen) atoms. The molecular weight excluding hydrogens is 450 g/mol. The SMILES string of the molecule is C=C/C=C\c1oc2c(cc(N(c3ccccc3)c3cccc(-c4ccccc4)c3)c3ccccc32)c1C. The predicted octanol–water partition coefficient (Wildman–Crippen LogP) is 10.2. The average Bonchev–Trinajstić information content (AvgIpc) is 3.28. The number of para-hydroxylation sites is 1. The van der Waals surface area contributed by atoms with Crippen LogP contribution in [0.2, 0.25) is 0 Å². The van der Waals surface area contributed by atoms with Crippen molar-refractivity contribution in [1.29, 1.82) is 0 Å². The molecule has 0 radical (unpaired) electrons. The Labute approximate surface area is 217 Å². The third kappa shape index (κ3) is 4.13. The number of fused-ring (bicyclic) bond motifs is 3. The van der Waals surface area contributed by atoms with Crippen LogP contribution in [-0.4, -0.2) is 0 Å². The lowest BCUT2D eigenvalue weighted by Crippen LogP contribution is -2.10. The van der Waals surface area contributed by atoms with Gasteiger partial charge in [0.05, 0.1) is 5.69 Å². The van der Waals surface area contributed by atoms with Crippen LogP contribution in [0.15, 0.2) is 138 Å². The van der Waals surface area contributed by atoms with Gasteiger partial charge in [-0.2, -0.15) is 0 Å². The zero-order chi connectivity index (χ0) is 25.2. The number of hydrogen-bond donors (Lipinski definition) is 0. The number of furan rings is 1. The highest BCUT2D eigenvalue weighted by Gasteiger charge is 2.20. The van der Waals surface area contributed by atoms with Crippen LogP contribution in [-0.2, 0) is 0 Å². The Hall–Kier alpha value is -4.82. The average molecular weight is 478 g/mol. The Balaban J connectivity index is 1.64. The molecule has 0 atom stereocenters. The van der Waals surface area contributed by atoms with E-state index < -0.39 is 0 Å². The van der Waals surface area contributed by atoms with Crippen LogP contribution in [0.4, 0.5) is 17.1 Å². The fraction of sp³-hybridized carbons (Fsp3) is 0.0286. The van der Waals surface area contributed by atoms with Crippen LogP contribution in [0.5, 0.6) is 0 Å². The topological polar surface area (TPSA) is 16.4 Å². The van der Waals surface area contributed by atoms with E-state index in [1.54, 1.807) is 6.08 Å². The van der Waals surface area contributed by atoms with Gasteiger partial charge < -0.3 is 9.32 Å². The highest BCUT2D eigenvalue weighted by Crippen LogP contribution is 2.44. The molecule has 0 aliphatic rings. The molecule has 0 spiro atoms. The van der Waals surface area contributed by atoms with Crippen molar-refractivity contribution in [2.45, 2.75) is 6.92 Å². The molecule has 2 heteroatoms. The lowest BCUT2D eigenvalue weighted by Gasteiger charge is -2.27. The highest BCUT2D eigenvalue weighted by atomic mass is 16.3. The number of aryl methyl sites for hydroxylation is 1. The summed E-state index contributed by atoms with van der Waals surface area (Å²) in [7, 11) is 0. The van der Waals surface area contributed by atoms with Crippen LogP contribution >= 0.6 is 0 Å². The smallest absolute Gasteiger partial charge is 0.143 e. The normalized spacial score (nSPS) is 11.4. The number of hydrogen-bond acceptors (Lipinski definition) is 2. The molecule has 0 saturated heterocycles. The van der Waals surface area contributed by atoms with E-state index in [4.69, 9.17) is 4.42 Å². The highest BCUT2D eigenvalue weighted by molar-refractivity contribution is 6.13. The summed E-state index contributed by atoms with van der Waals surface area (Å²) in [6, 6.07) is 40.6. The van der Waals surface area contributed by atoms with Gasteiger partial charge in [0.2, 0.25) is 0 Å². The molecule has 0 saturated carbocycles. The maximum Gasteiger partial charge on any atom is 0.143 e. The lowest BCUT2D eigenvalue weighted by molar-refractivity contribution is 0.604. The van der Waals surface area contributed by atoms with Gasteiger partial charge in [0.25, 0.3) is 0 Å². The van der Waals surface area contributed by atoms with Crippen LogP contribution in [0, 0.1) is 6.92 Å². The summed E-state index contributed by atoms with van der Waals surface area (Å²) in [6.45, 7) is 5.93. The summed E-state index contributed by atoms with van der Waals surface area (Å²) in [5, 5.41) is 3.34. The van der Waals surface area contributed by atoms with E-state index in [2.05, 4.69) is 134 Å². The van der Waals surface area contributed by atoms with Crippen molar-refractivity contribution in [2.24, 2.45) is 0 Å². The summed E-state index contributed by atoms with van der Waals surface area (Å²) in [5.41, 5.74) is 7.72. The van der Waals surface area contributed by atoms with Crippen LogP contribution in [0.3, 0.4) is 0 Å².